The highest BCUT2D eigenvalue weighted by atomic mass is 28.3. The minimum Gasteiger partial charge on any atom is -0.0916 e. The lowest BCUT2D eigenvalue weighted by atomic mass is 10.1. The Kier molecular flexibility index (Phi) is 5.02. The van der Waals surface area contributed by atoms with Crippen LogP contribution in [-0.2, 0) is 0 Å². The molecule has 1 fully saturated rings. The van der Waals surface area contributed by atoms with E-state index in [-0.39, 0.29) is 0 Å². The Labute approximate surface area is 110 Å². The Morgan fingerprint density at radius 1 is 0.647 bits per heavy atom. The van der Waals surface area contributed by atoms with Gasteiger partial charge in [0, 0.05) is 0 Å². The molecule has 0 heterocycles. The standard InChI is InChI=1S/C15H30Si2/c1-16(2,3)12-14-10-8-7-9-11-15(14)13-17(4,5)6/h12-13H,7-11H2,1-6H3. The van der Waals surface area contributed by atoms with Gasteiger partial charge in [-0.2, -0.15) is 0 Å². The molecule has 0 amide bonds. The molecule has 17 heavy (non-hydrogen) atoms. The van der Waals surface area contributed by atoms with Crippen LogP contribution in [0.3, 0.4) is 0 Å². The van der Waals surface area contributed by atoms with Crippen LogP contribution in [0.25, 0.3) is 0 Å². The molecule has 0 saturated heterocycles. The summed E-state index contributed by atoms with van der Waals surface area (Å²) in [6, 6.07) is 0. The van der Waals surface area contributed by atoms with Gasteiger partial charge in [-0.25, -0.2) is 0 Å². The normalized spacial score (nSPS) is 24.1. The first-order valence-electron chi connectivity index (χ1n) is 7.11. The molecule has 0 aliphatic heterocycles. The maximum absolute atomic E-state index is 2.66. The maximum atomic E-state index is 2.66. The molecule has 0 aromatic rings. The summed E-state index contributed by atoms with van der Waals surface area (Å²) >= 11 is 0. The molecule has 0 N–H and O–H groups in total. The first kappa shape index (κ1) is 15.0. The molecule has 1 aliphatic rings. The molecule has 0 bridgehead atoms. The lowest BCUT2D eigenvalue weighted by Gasteiger charge is -2.19. The molecular weight excluding hydrogens is 236 g/mol. The molecule has 0 atom stereocenters. The third-order valence-corrected chi connectivity index (χ3v) is 5.45. The van der Waals surface area contributed by atoms with E-state index in [9.17, 15) is 0 Å². The SMILES string of the molecule is C[Si](C)(C)C=C1CCCCCC1=C[Si](C)(C)C. The van der Waals surface area contributed by atoms with Crippen molar-refractivity contribution in [3.05, 3.63) is 22.5 Å². The van der Waals surface area contributed by atoms with Crippen LogP contribution in [0.5, 0.6) is 0 Å². The summed E-state index contributed by atoms with van der Waals surface area (Å²) in [5.41, 5.74) is 8.74. The highest BCUT2D eigenvalue weighted by molar-refractivity contribution is 6.81. The van der Waals surface area contributed by atoms with Crippen molar-refractivity contribution < 1.29 is 0 Å². The second-order valence-corrected chi connectivity index (χ2v) is 17.7. The van der Waals surface area contributed by atoms with Crippen LogP contribution in [0.1, 0.15) is 32.1 Å². The lowest BCUT2D eigenvalue weighted by Crippen LogP contribution is -2.20. The van der Waals surface area contributed by atoms with Crippen LogP contribution in [0.2, 0.25) is 39.3 Å². The minimum absolute atomic E-state index is 1.07. The van der Waals surface area contributed by atoms with E-state index in [0.29, 0.717) is 0 Å². The van der Waals surface area contributed by atoms with Crippen molar-refractivity contribution in [2.45, 2.75) is 71.4 Å². The molecule has 0 unspecified atom stereocenters. The van der Waals surface area contributed by atoms with Crippen LogP contribution in [0.15, 0.2) is 22.5 Å². The molecule has 2 heteroatoms. The van der Waals surface area contributed by atoms with E-state index < -0.39 is 16.1 Å². The van der Waals surface area contributed by atoms with Gasteiger partial charge in [0.2, 0.25) is 0 Å². The molecule has 98 valence electrons. The Balaban J connectivity index is 3.04. The molecule has 0 aromatic heterocycles. The fraction of sp³-hybridized carbons (Fsp3) is 0.733. The van der Waals surface area contributed by atoms with Crippen LogP contribution >= 0.6 is 0 Å². The Morgan fingerprint density at radius 3 is 1.29 bits per heavy atom. The first-order valence-corrected chi connectivity index (χ1v) is 14.3. The fourth-order valence-electron chi connectivity index (χ4n) is 2.50. The van der Waals surface area contributed by atoms with Crippen molar-refractivity contribution in [2.24, 2.45) is 0 Å². The summed E-state index contributed by atoms with van der Waals surface area (Å²) in [4.78, 5) is 0. The molecule has 0 spiro atoms. The van der Waals surface area contributed by atoms with Gasteiger partial charge in [-0.1, -0.05) is 68.2 Å². The van der Waals surface area contributed by atoms with Crippen LogP contribution in [0.4, 0.5) is 0 Å². The average Bonchev–Trinajstić information content (AvgIpc) is 2.27. The van der Waals surface area contributed by atoms with Crippen LogP contribution in [0, 0.1) is 0 Å². The van der Waals surface area contributed by atoms with E-state index in [4.69, 9.17) is 0 Å². The van der Waals surface area contributed by atoms with Gasteiger partial charge in [0.05, 0.1) is 16.1 Å². The summed E-state index contributed by atoms with van der Waals surface area (Å²) in [5, 5.41) is 0. The van der Waals surface area contributed by atoms with Gasteiger partial charge in [-0.3, -0.25) is 0 Å². The van der Waals surface area contributed by atoms with Gasteiger partial charge in [0.1, 0.15) is 0 Å². The van der Waals surface area contributed by atoms with E-state index in [1.165, 1.54) is 32.1 Å². The van der Waals surface area contributed by atoms with Gasteiger partial charge in [0.15, 0.2) is 0 Å². The summed E-state index contributed by atoms with van der Waals surface area (Å²) in [6.07, 6.45) is 6.89. The molecule has 0 nitrogen and oxygen atoms in total. The van der Waals surface area contributed by atoms with E-state index >= 15 is 0 Å². The predicted molar refractivity (Wildman–Crippen MR) is 85.9 cm³/mol. The van der Waals surface area contributed by atoms with Crippen molar-refractivity contribution in [1.29, 1.82) is 0 Å². The summed E-state index contributed by atoms with van der Waals surface area (Å²) in [5.74, 6) is 0. The smallest absolute Gasteiger partial charge is 0.0690 e. The number of rotatable bonds is 2. The summed E-state index contributed by atoms with van der Waals surface area (Å²) < 4.78 is 0. The van der Waals surface area contributed by atoms with Gasteiger partial charge < -0.3 is 0 Å². The molecule has 1 rings (SSSR count). The third-order valence-electron chi connectivity index (χ3n) is 3.02. The van der Waals surface area contributed by atoms with E-state index in [2.05, 4.69) is 50.7 Å². The Bertz CT molecular complexity index is 279. The molecule has 1 saturated carbocycles. The van der Waals surface area contributed by atoms with Crippen molar-refractivity contribution in [3.63, 3.8) is 0 Å². The van der Waals surface area contributed by atoms with E-state index in [1.54, 1.807) is 11.1 Å². The summed E-state index contributed by atoms with van der Waals surface area (Å²) in [7, 11) is -2.14. The molecule has 1 aliphatic carbocycles. The Morgan fingerprint density at radius 2 is 1.00 bits per heavy atom. The topological polar surface area (TPSA) is 0 Å². The van der Waals surface area contributed by atoms with Crippen LogP contribution in [-0.4, -0.2) is 16.1 Å². The van der Waals surface area contributed by atoms with E-state index in [0.717, 1.165) is 0 Å². The van der Waals surface area contributed by atoms with Gasteiger partial charge in [-0.05, 0) is 25.7 Å². The molecule has 0 radical (unpaired) electrons. The van der Waals surface area contributed by atoms with Crippen molar-refractivity contribution >= 4 is 16.1 Å². The molecule has 0 aromatic carbocycles. The van der Waals surface area contributed by atoms with Crippen molar-refractivity contribution in [3.8, 4) is 0 Å². The zero-order chi connectivity index (χ0) is 13.1. The predicted octanol–water partition coefficient (Wildman–Crippen LogP) is 5.56. The second kappa shape index (κ2) is 5.70. The van der Waals surface area contributed by atoms with E-state index in [1.807, 2.05) is 0 Å². The highest BCUT2D eigenvalue weighted by Crippen LogP contribution is 2.30. The van der Waals surface area contributed by atoms with Gasteiger partial charge in [-0.15, -0.1) is 0 Å². The Hall–Kier alpha value is -0.0862. The first-order chi connectivity index (χ1) is 7.67. The number of allylic oxidation sites excluding steroid dienone is 2. The van der Waals surface area contributed by atoms with Crippen LogP contribution < -0.4 is 0 Å². The lowest BCUT2D eigenvalue weighted by molar-refractivity contribution is 0.719. The highest BCUT2D eigenvalue weighted by Gasteiger charge is 2.18. The summed E-state index contributed by atoms with van der Waals surface area (Å²) in [6.45, 7) is 14.7. The van der Waals surface area contributed by atoms with Crippen molar-refractivity contribution in [1.82, 2.24) is 0 Å². The zero-order valence-corrected chi connectivity index (χ0v) is 14.7. The minimum atomic E-state index is -1.07. The number of hydrogen-bond acceptors (Lipinski definition) is 0. The van der Waals surface area contributed by atoms with Gasteiger partial charge >= 0.3 is 0 Å². The second-order valence-electron chi connectivity index (χ2n) is 7.63. The number of hydrogen-bond donors (Lipinski definition) is 0. The fourth-order valence-corrected chi connectivity index (χ4v) is 5.25. The monoisotopic (exact) mass is 266 g/mol. The largest absolute Gasteiger partial charge is 0.0916 e. The van der Waals surface area contributed by atoms with Gasteiger partial charge in [0.25, 0.3) is 0 Å². The quantitative estimate of drug-likeness (QED) is 0.453. The molecular formula is C15H30Si2. The van der Waals surface area contributed by atoms with Crippen molar-refractivity contribution in [2.75, 3.05) is 0 Å². The zero-order valence-electron chi connectivity index (χ0n) is 12.7. The maximum Gasteiger partial charge on any atom is 0.0690 e. The average molecular weight is 267 g/mol. The third kappa shape index (κ3) is 6.42.